The molecule has 0 amide bonds. The van der Waals surface area contributed by atoms with Crippen molar-refractivity contribution in [2.75, 3.05) is 20.2 Å². The molecule has 0 saturated carbocycles. The molecule has 0 N–H and O–H groups in total. The zero-order valence-electron chi connectivity index (χ0n) is 17.4. The van der Waals surface area contributed by atoms with Gasteiger partial charge >= 0.3 is 0 Å². The van der Waals surface area contributed by atoms with Gasteiger partial charge in [0.1, 0.15) is 11.5 Å². The van der Waals surface area contributed by atoms with Crippen molar-refractivity contribution in [3.8, 4) is 5.75 Å². The van der Waals surface area contributed by atoms with Gasteiger partial charge in [-0.05, 0) is 43.9 Å². The van der Waals surface area contributed by atoms with Crippen LogP contribution in [0.15, 0.2) is 36.5 Å². The molecule has 0 aliphatic carbocycles. The van der Waals surface area contributed by atoms with Gasteiger partial charge in [0.25, 0.3) is 0 Å². The fraction of sp³-hybridized carbons (Fsp3) is 0.609. The zero-order chi connectivity index (χ0) is 19.6. The number of piperidine rings is 1. The standard InChI is InChI=1S/C19H27NO2.C4H10/c1-5-7-18(21)19(10-12-20(13-11-19)15(2)3)16-8-6-9-17(14-16)22-4;1-3-4-2/h6,8-9,14H,2,5,7,10-13H2,1,3-4H3;3-4H2,1-2H3. The van der Waals surface area contributed by atoms with Gasteiger partial charge in [0.2, 0.25) is 0 Å². The fourth-order valence-electron chi connectivity index (χ4n) is 3.39. The number of hydrogen-bond donors (Lipinski definition) is 0. The number of nitrogens with zero attached hydrogens (tertiary/aromatic N) is 1. The topological polar surface area (TPSA) is 29.5 Å². The number of carbonyl (C=O) groups is 1. The predicted molar refractivity (Wildman–Crippen MR) is 111 cm³/mol. The first kappa shape index (κ1) is 22.3. The molecule has 3 heteroatoms. The summed E-state index contributed by atoms with van der Waals surface area (Å²) in [6.45, 7) is 14.3. The average molecular weight is 360 g/mol. The van der Waals surface area contributed by atoms with Crippen LogP contribution in [0.5, 0.6) is 5.75 Å². The molecule has 0 radical (unpaired) electrons. The van der Waals surface area contributed by atoms with Crippen LogP contribution in [0.2, 0.25) is 0 Å². The molecular formula is C23H37NO2. The molecule has 0 bridgehead atoms. The van der Waals surface area contributed by atoms with Crippen LogP contribution in [0.1, 0.15) is 71.8 Å². The Balaban J connectivity index is 0.000000765. The van der Waals surface area contributed by atoms with E-state index in [2.05, 4.69) is 38.3 Å². The molecule has 0 atom stereocenters. The number of hydrogen-bond acceptors (Lipinski definition) is 3. The Hall–Kier alpha value is -1.77. The number of allylic oxidation sites excluding steroid dienone is 1. The van der Waals surface area contributed by atoms with Crippen molar-refractivity contribution in [2.45, 2.75) is 71.6 Å². The number of likely N-dealkylation sites (tertiary alicyclic amines) is 1. The minimum absolute atomic E-state index is 0.365. The maximum atomic E-state index is 12.9. The quantitative estimate of drug-likeness (QED) is 0.622. The van der Waals surface area contributed by atoms with Crippen molar-refractivity contribution in [2.24, 2.45) is 0 Å². The van der Waals surface area contributed by atoms with Crippen molar-refractivity contribution in [1.29, 1.82) is 0 Å². The van der Waals surface area contributed by atoms with Crippen molar-refractivity contribution in [3.05, 3.63) is 42.1 Å². The van der Waals surface area contributed by atoms with E-state index in [1.807, 2.05) is 25.1 Å². The average Bonchev–Trinajstić information content (AvgIpc) is 2.68. The van der Waals surface area contributed by atoms with E-state index in [1.165, 1.54) is 12.8 Å². The molecule has 26 heavy (non-hydrogen) atoms. The van der Waals surface area contributed by atoms with Gasteiger partial charge in [-0.25, -0.2) is 0 Å². The van der Waals surface area contributed by atoms with Crippen LogP contribution in [0.3, 0.4) is 0 Å². The summed E-state index contributed by atoms with van der Waals surface area (Å²) >= 11 is 0. The highest BCUT2D eigenvalue weighted by molar-refractivity contribution is 5.90. The third-order valence-corrected chi connectivity index (χ3v) is 5.29. The van der Waals surface area contributed by atoms with E-state index in [0.29, 0.717) is 12.2 Å². The molecule has 2 rings (SSSR count). The van der Waals surface area contributed by atoms with Crippen molar-refractivity contribution in [1.82, 2.24) is 4.90 Å². The summed E-state index contributed by atoms with van der Waals surface area (Å²) < 4.78 is 5.35. The van der Waals surface area contributed by atoms with Gasteiger partial charge < -0.3 is 9.64 Å². The Morgan fingerprint density at radius 3 is 2.23 bits per heavy atom. The SMILES string of the molecule is C=C(C)N1CCC(C(=O)CCC)(c2cccc(OC)c2)CC1.CCCC. The summed E-state index contributed by atoms with van der Waals surface area (Å²) in [6.07, 6.45) is 5.89. The first-order chi connectivity index (χ1) is 12.4. The molecule has 1 aliphatic rings. The number of benzene rings is 1. The Morgan fingerprint density at radius 2 is 1.77 bits per heavy atom. The Kier molecular flexibility index (Phi) is 9.47. The van der Waals surface area contributed by atoms with E-state index in [9.17, 15) is 4.79 Å². The lowest BCUT2D eigenvalue weighted by Crippen LogP contribution is -2.46. The van der Waals surface area contributed by atoms with Gasteiger partial charge in [0.15, 0.2) is 0 Å². The number of ketones is 1. The van der Waals surface area contributed by atoms with Crippen LogP contribution in [0, 0.1) is 0 Å². The first-order valence-corrected chi connectivity index (χ1v) is 10.0. The molecule has 0 spiro atoms. The number of rotatable bonds is 7. The highest BCUT2D eigenvalue weighted by atomic mass is 16.5. The molecule has 0 aromatic heterocycles. The molecule has 146 valence electrons. The van der Waals surface area contributed by atoms with Crippen LogP contribution in [-0.4, -0.2) is 30.9 Å². The molecule has 1 fully saturated rings. The predicted octanol–water partition coefficient (Wildman–Crippen LogP) is 5.74. The van der Waals surface area contributed by atoms with Gasteiger partial charge in [0.05, 0.1) is 12.5 Å². The highest BCUT2D eigenvalue weighted by Crippen LogP contribution is 2.39. The lowest BCUT2D eigenvalue weighted by Gasteiger charge is -2.42. The normalized spacial score (nSPS) is 15.7. The lowest BCUT2D eigenvalue weighted by atomic mass is 9.68. The number of ether oxygens (including phenoxy) is 1. The van der Waals surface area contributed by atoms with E-state index in [-0.39, 0.29) is 5.41 Å². The number of unbranched alkanes of at least 4 members (excludes halogenated alkanes) is 1. The van der Waals surface area contributed by atoms with Crippen LogP contribution in [0.4, 0.5) is 0 Å². The van der Waals surface area contributed by atoms with Crippen LogP contribution in [-0.2, 0) is 10.2 Å². The summed E-state index contributed by atoms with van der Waals surface area (Å²) in [7, 11) is 1.67. The summed E-state index contributed by atoms with van der Waals surface area (Å²) in [5, 5.41) is 0. The minimum Gasteiger partial charge on any atom is -0.497 e. The number of methoxy groups -OCH3 is 1. The molecule has 0 unspecified atom stereocenters. The van der Waals surface area contributed by atoms with Gasteiger partial charge in [-0.1, -0.05) is 52.3 Å². The highest BCUT2D eigenvalue weighted by Gasteiger charge is 2.42. The maximum absolute atomic E-state index is 12.9. The smallest absolute Gasteiger partial charge is 0.143 e. The Labute approximate surface area is 160 Å². The van der Waals surface area contributed by atoms with Crippen molar-refractivity contribution < 1.29 is 9.53 Å². The van der Waals surface area contributed by atoms with Gasteiger partial charge in [0, 0.05) is 25.2 Å². The minimum atomic E-state index is -0.365. The molecular weight excluding hydrogens is 322 g/mol. The lowest BCUT2D eigenvalue weighted by molar-refractivity contribution is -0.126. The third-order valence-electron chi connectivity index (χ3n) is 5.29. The second-order valence-electron chi connectivity index (χ2n) is 7.21. The second-order valence-corrected chi connectivity index (χ2v) is 7.21. The number of carbonyl (C=O) groups excluding carboxylic acids is 1. The van der Waals surface area contributed by atoms with Gasteiger partial charge in [-0.2, -0.15) is 0 Å². The second kappa shape index (κ2) is 11.1. The van der Waals surface area contributed by atoms with E-state index in [4.69, 9.17) is 4.74 Å². The van der Waals surface area contributed by atoms with E-state index in [0.717, 1.165) is 49.4 Å². The van der Waals surface area contributed by atoms with E-state index in [1.54, 1.807) is 7.11 Å². The third kappa shape index (κ3) is 5.62. The molecule has 1 aliphatic heterocycles. The van der Waals surface area contributed by atoms with Gasteiger partial charge in [-0.3, -0.25) is 4.79 Å². The molecule has 3 nitrogen and oxygen atoms in total. The molecule has 1 saturated heterocycles. The van der Waals surface area contributed by atoms with Gasteiger partial charge in [-0.15, -0.1) is 0 Å². The van der Waals surface area contributed by atoms with Crippen molar-refractivity contribution >= 4 is 5.78 Å². The first-order valence-electron chi connectivity index (χ1n) is 10.0. The fourth-order valence-corrected chi connectivity index (χ4v) is 3.39. The van der Waals surface area contributed by atoms with Crippen molar-refractivity contribution in [3.63, 3.8) is 0 Å². The van der Waals surface area contributed by atoms with E-state index >= 15 is 0 Å². The van der Waals surface area contributed by atoms with E-state index < -0.39 is 0 Å². The van der Waals surface area contributed by atoms with Crippen LogP contribution in [0.25, 0.3) is 0 Å². The summed E-state index contributed by atoms with van der Waals surface area (Å²) in [5.74, 6) is 1.19. The number of Topliss-reactive ketones (excluding diaryl/α,β-unsaturated/α-hetero) is 1. The largest absolute Gasteiger partial charge is 0.497 e. The van der Waals surface area contributed by atoms with Crippen LogP contribution < -0.4 is 4.74 Å². The zero-order valence-corrected chi connectivity index (χ0v) is 17.4. The van der Waals surface area contributed by atoms with Crippen LogP contribution >= 0.6 is 0 Å². The monoisotopic (exact) mass is 359 g/mol. The molecule has 1 heterocycles. The summed E-state index contributed by atoms with van der Waals surface area (Å²) in [4.78, 5) is 15.2. The summed E-state index contributed by atoms with van der Waals surface area (Å²) in [5.41, 5.74) is 1.82. The maximum Gasteiger partial charge on any atom is 0.143 e. The Morgan fingerprint density at radius 1 is 1.15 bits per heavy atom. The molecule has 1 aromatic carbocycles. The Bertz CT molecular complexity index is 569. The molecule has 1 aromatic rings. The summed E-state index contributed by atoms with van der Waals surface area (Å²) in [6, 6.07) is 8.03.